The van der Waals surface area contributed by atoms with Crippen LogP contribution < -0.4 is 5.32 Å². The van der Waals surface area contributed by atoms with Crippen LogP contribution >= 0.6 is 27.5 Å². The van der Waals surface area contributed by atoms with Crippen molar-refractivity contribution in [2.24, 2.45) is 0 Å². The van der Waals surface area contributed by atoms with Crippen LogP contribution in [0.1, 0.15) is 19.1 Å². The van der Waals surface area contributed by atoms with Gasteiger partial charge < -0.3 is 10.1 Å². The highest BCUT2D eigenvalue weighted by Crippen LogP contribution is 2.30. The molecule has 1 aliphatic rings. The molecule has 2 aromatic heterocycles. The van der Waals surface area contributed by atoms with E-state index in [9.17, 15) is 0 Å². The quantitative estimate of drug-likeness (QED) is 0.671. The molecule has 1 atom stereocenters. The van der Waals surface area contributed by atoms with E-state index in [0.717, 1.165) is 30.8 Å². The Labute approximate surface area is 146 Å². The number of benzene rings is 1. The van der Waals surface area contributed by atoms with Crippen molar-refractivity contribution < 1.29 is 4.74 Å². The highest BCUT2D eigenvalue weighted by atomic mass is 79.9. The second kappa shape index (κ2) is 6.07. The number of imidazole rings is 1. The number of nitrogens with one attached hydrogen (secondary N) is 1. The second-order valence-corrected chi connectivity index (χ2v) is 6.41. The lowest BCUT2D eigenvalue weighted by atomic mass is 10.3. The first kappa shape index (κ1) is 14.9. The molecule has 0 aliphatic carbocycles. The van der Waals surface area contributed by atoms with Crippen molar-refractivity contribution in [3.63, 3.8) is 0 Å². The van der Waals surface area contributed by atoms with E-state index in [1.165, 1.54) is 0 Å². The molecular weight excluding hydrogens is 382 g/mol. The summed E-state index contributed by atoms with van der Waals surface area (Å²) >= 11 is 9.40. The van der Waals surface area contributed by atoms with Crippen LogP contribution in [-0.2, 0) is 4.74 Å². The van der Waals surface area contributed by atoms with Crippen molar-refractivity contribution in [2.75, 3.05) is 11.9 Å². The molecule has 4 rings (SSSR count). The summed E-state index contributed by atoms with van der Waals surface area (Å²) in [6, 6.07) is 7.46. The average Bonchev–Trinajstić information content (AvgIpc) is 3.15. The summed E-state index contributed by atoms with van der Waals surface area (Å²) in [7, 11) is 0. The molecule has 3 heterocycles. The van der Waals surface area contributed by atoms with Gasteiger partial charge in [0.1, 0.15) is 6.23 Å². The summed E-state index contributed by atoms with van der Waals surface area (Å²) in [6.45, 7) is 0.768. The fourth-order valence-electron chi connectivity index (χ4n) is 2.67. The zero-order valence-electron chi connectivity index (χ0n) is 12.0. The Morgan fingerprint density at radius 3 is 3.04 bits per heavy atom. The monoisotopic (exact) mass is 393 g/mol. The molecule has 1 unspecified atom stereocenters. The number of nitrogens with zero attached hydrogens (tertiary/aromatic N) is 4. The first-order chi connectivity index (χ1) is 11.2. The van der Waals surface area contributed by atoms with Gasteiger partial charge in [0.15, 0.2) is 17.0 Å². The summed E-state index contributed by atoms with van der Waals surface area (Å²) in [5, 5.41) is 3.91. The van der Waals surface area contributed by atoms with Crippen LogP contribution in [0.2, 0.25) is 5.02 Å². The van der Waals surface area contributed by atoms with E-state index in [1.54, 1.807) is 6.33 Å². The van der Waals surface area contributed by atoms with E-state index in [2.05, 4.69) is 36.2 Å². The smallest absolute Gasteiger partial charge is 0.200 e. The van der Waals surface area contributed by atoms with Crippen LogP contribution in [0, 0.1) is 0 Å². The lowest BCUT2D eigenvalue weighted by Gasteiger charge is -2.12. The largest absolute Gasteiger partial charge is 0.358 e. The maximum absolute atomic E-state index is 6.03. The standard InChI is InChI=1S/C15H13BrClN5O/c16-15-20-13(19-10-4-1-3-9(17)7-10)12-14(21-15)22(8-18-12)11-5-2-6-23-11/h1,3-4,7-8,11H,2,5-6H2,(H,19,20,21). The molecule has 1 aliphatic heterocycles. The Bertz CT molecular complexity index is 862. The Morgan fingerprint density at radius 1 is 1.35 bits per heavy atom. The minimum atomic E-state index is -0.0131. The zero-order chi connectivity index (χ0) is 15.8. The van der Waals surface area contributed by atoms with Crippen molar-refractivity contribution in [1.29, 1.82) is 0 Å². The van der Waals surface area contributed by atoms with Gasteiger partial charge in [-0.15, -0.1) is 0 Å². The molecule has 8 heteroatoms. The number of rotatable bonds is 3. The number of aromatic nitrogens is 4. The number of anilines is 2. The number of halogens is 2. The van der Waals surface area contributed by atoms with Crippen molar-refractivity contribution in [3.05, 3.63) is 40.3 Å². The number of fused-ring (bicyclic) bond motifs is 1. The fraction of sp³-hybridized carbons (Fsp3) is 0.267. The van der Waals surface area contributed by atoms with Crippen LogP contribution in [0.5, 0.6) is 0 Å². The molecule has 1 N–H and O–H groups in total. The Balaban J connectivity index is 1.77. The van der Waals surface area contributed by atoms with Gasteiger partial charge in [-0.25, -0.2) is 15.0 Å². The molecule has 0 amide bonds. The normalized spacial score (nSPS) is 17.7. The third-order valence-electron chi connectivity index (χ3n) is 3.70. The molecule has 0 bridgehead atoms. The minimum absolute atomic E-state index is 0.0131. The molecule has 0 spiro atoms. The number of hydrogen-bond acceptors (Lipinski definition) is 5. The van der Waals surface area contributed by atoms with Gasteiger partial charge in [-0.05, 0) is 47.0 Å². The molecule has 0 saturated carbocycles. The van der Waals surface area contributed by atoms with Gasteiger partial charge in [-0.3, -0.25) is 4.57 Å². The van der Waals surface area contributed by atoms with Crippen molar-refractivity contribution in [3.8, 4) is 0 Å². The molecule has 23 heavy (non-hydrogen) atoms. The minimum Gasteiger partial charge on any atom is -0.358 e. The Kier molecular flexibility index (Phi) is 3.92. The molecule has 1 fully saturated rings. The van der Waals surface area contributed by atoms with Crippen LogP contribution in [0.3, 0.4) is 0 Å². The summed E-state index contributed by atoms with van der Waals surface area (Å²) in [6.07, 6.45) is 3.75. The lowest BCUT2D eigenvalue weighted by Crippen LogP contribution is -2.07. The van der Waals surface area contributed by atoms with Crippen molar-refractivity contribution >= 4 is 50.2 Å². The van der Waals surface area contributed by atoms with Crippen LogP contribution in [0.25, 0.3) is 11.2 Å². The maximum atomic E-state index is 6.03. The summed E-state index contributed by atoms with van der Waals surface area (Å²) < 4.78 is 8.18. The molecular formula is C15H13BrClN5O. The van der Waals surface area contributed by atoms with Crippen LogP contribution in [0.15, 0.2) is 35.3 Å². The van der Waals surface area contributed by atoms with Gasteiger partial charge in [-0.1, -0.05) is 17.7 Å². The molecule has 1 aromatic carbocycles. The van der Waals surface area contributed by atoms with Crippen LogP contribution in [0.4, 0.5) is 11.5 Å². The zero-order valence-corrected chi connectivity index (χ0v) is 14.4. The van der Waals surface area contributed by atoms with Crippen molar-refractivity contribution in [1.82, 2.24) is 19.5 Å². The van der Waals surface area contributed by atoms with E-state index in [4.69, 9.17) is 16.3 Å². The van der Waals surface area contributed by atoms with Gasteiger partial charge in [0.25, 0.3) is 0 Å². The molecule has 0 radical (unpaired) electrons. The van der Waals surface area contributed by atoms with Crippen LogP contribution in [-0.4, -0.2) is 26.1 Å². The van der Waals surface area contributed by atoms with Gasteiger partial charge in [0, 0.05) is 17.3 Å². The van der Waals surface area contributed by atoms with Gasteiger partial charge >= 0.3 is 0 Å². The van der Waals surface area contributed by atoms with Gasteiger partial charge in [0.05, 0.1) is 6.33 Å². The molecule has 6 nitrogen and oxygen atoms in total. The van der Waals surface area contributed by atoms with E-state index >= 15 is 0 Å². The third kappa shape index (κ3) is 2.91. The number of hydrogen-bond donors (Lipinski definition) is 1. The maximum Gasteiger partial charge on any atom is 0.200 e. The first-order valence-corrected chi connectivity index (χ1v) is 8.42. The molecule has 3 aromatic rings. The Morgan fingerprint density at radius 2 is 2.26 bits per heavy atom. The summed E-state index contributed by atoms with van der Waals surface area (Å²) in [4.78, 5) is 13.3. The fourth-order valence-corrected chi connectivity index (χ4v) is 3.21. The Hall–Kier alpha value is -1.70. The van der Waals surface area contributed by atoms with Gasteiger partial charge in [-0.2, -0.15) is 0 Å². The van der Waals surface area contributed by atoms with E-state index in [-0.39, 0.29) is 6.23 Å². The van der Waals surface area contributed by atoms with Crippen molar-refractivity contribution in [2.45, 2.75) is 19.1 Å². The molecule has 1 saturated heterocycles. The lowest BCUT2D eigenvalue weighted by molar-refractivity contribution is 0.0592. The number of ether oxygens (including phenoxy) is 1. The SMILES string of the molecule is Clc1cccc(Nc2nc(Br)nc3c2ncn3C2CCCO2)c1. The molecule has 118 valence electrons. The second-order valence-electron chi connectivity index (χ2n) is 5.27. The van der Waals surface area contributed by atoms with Gasteiger partial charge in [0.2, 0.25) is 4.73 Å². The van der Waals surface area contributed by atoms with E-state index in [1.807, 2.05) is 28.8 Å². The predicted molar refractivity (Wildman–Crippen MR) is 92.0 cm³/mol. The highest BCUT2D eigenvalue weighted by Gasteiger charge is 2.22. The predicted octanol–water partition coefficient (Wildman–Crippen LogP) is 4.29. The van der Waals surface area contributed by atoms with E-state index < -0.39 is 0 Å². The third-order valence-corrected chi connectivity index (χ3v) is 4.29. The summed E-state index contributed by atoms with van der Waals surface area (Å²) in [5.41, 5.74) is 2.28. The summed E-state index contributed by atoms with van der Waals surface area (Å²) in [5.74, 6) is 0.626. The first-order valence-electron chi connectivity index (χ1n) is 7.25. The topological polar surface area (TPSA) is 64.9 Å². The highest BCUT2D eigenvalue weighted by molar-refractivity contribution is 9.10. The average molecular weight is 395 g/mol. The van der Waals surface area contributed by atoms with E-state index in [0.29, 0.717) is 21.1 Å².